The number of hydrogen-bond donors (Lipinski definition) is 0. The second-order valence-electron chi connectivity index (χ2n) is 32.5. The lowest BCUT2D eigenvalue weighted by atomic mass is 9.98. The molecule has 0 aliphatic heterocycles. The van der Waals surface area contributed by atoms with Gasteiger partial charge in [0.25, 0.3) is 0 Å². The van der Waals surface area contributed by atoms with Crippen LogP contribution in [0.15, 0.2) is 467 Å². The molecule has 3 nitrogen and oxygen atoms in total. The molecule has 0 aliphatic carbocycles. The van der Waals surface area contributed by atoms with Crippen molar-refractivity contribution in [3.05, 3.63) is 467 Å². The highest BCUT2D eigenvalue weighted by molar-refractivity contribution is 7.27. The molecule has 6 heteroatoms. The summed E-state index contributed by atoms with van der Waals surface area (Å²) >= 11 is 5.67. The molecule has 0 saturated heterocycles. The fourth-order valence-electron chi connectivity index (χ4n) is 19.2. The Balaban J connectivity index is 0.000000106. The van der Waals surface area contributed by atoms with Gasteiger partial charge in [0.15, 0.2) is 0 Å². The molecule has 26 rings (SSSR count). The van der Waals surface area contributed by atoms with Crippen molar-refractivity contribution in [2.24, 2.45) is 0 Å². The van der Waals surface area contributed by atoms with Crippen molar-refractivity contribution in [1.29, 1.82) is 0 Å². The smallest absolute Gasteiger partial charge is 0.0540 e. The SMILES string of the molecule is c1ccc(-c2ccc3cc(N(c4ccc5sc6c7ccccc7ccc6c5c4)c4cccc5ccccc45)ccc3c2)cc1.c1ccc2c(-c3ccc(N(c4ccc5sc6c7ccccc7ccc6c5c4)c4cccc5ccccc45)cc3)cccc2c1.c1ccc2c(N(c3ccc4sc5c6ccccc6ccc5c4c3)c3cccc4ccccc34)cccc2c1. The number of nitrogens with zero attached hydrogens (tertiary/aromatic N) is 3. The third-order valence-electron chi connectivity index (χ3n) is 25.3. The Kier molecular flexibility index (Phi) is 18.5. The van der Waals surface area contributed by atoms with E-state index in [2.05, 4.69) is 482 Å². The Morgan fingerprint density at radius 2 is 0.413 bits per heavy atom. The number of thiophene rings is 3. The van der Waals surface area contributed by atoms with Crippen molar-refractivity contribution >= 4 is 243 Å². The van der Waals surface area contributed by atoms with Crippen molar-refractivity contribution in [2.75, 3.05) is 14.7 Å². The second kappa shape index (κ2) is 31.4. The van der Waals surface area contributed by atoms with Crippen LogP contribution < -0.4 is 14.7 Å². The Labute approximate surface area is 740 Å². The fraction of sp³-hybridized carbons (Fsp3) is 0. The minimum Gasteiger partial charge on any atom is -0.310 e. The minimum atomic E-state index is 1.13. The molecule has 23 aromatic carbocycles. The lowest BCUT2D eigenvalue weighted by Crippen LogP contribution is -2.11. The van der Waals surface area contributed by atoms with E-state index in [-0.39, 0.29) is 0 Å². The molecule has 0 atom stereocenters. The summed E-state index contributed by atoms with van der Waals surface area (Å²) in [5, 5.41) is 30.6. The van der Waals surface area contributed by atoms with Crippen LogP contribution in [-0.2, 0) is 0 Å². The quantitative estimate of drug-likeness (QED) is 0.128. The van der Waals surface area contributed by atoms with Crippen LogP contribution in [0.5, 0.6) is 0 Å². The van der Waals surface area contributed by atoms with Crippen molar-refractivity contribution in [3.8, 4) is 22.3 Å². The van der Waals surface area contributed by atoms with Crippen molar-refractivity contribution < 1.29 is 0 Å². The zero-order valence-electron chi connectivity index (χ0n) is 68.5. The minimum absolute atomic E-state index is 1.13. The maximum Gasteiger partial charge on any atom is 0.0540 e. The molecular formula is C120H77N3S3. The van der Waals surface area contributed by atoms with Gasteiger partial charge in [0.05, 0.1) is 22.7 Å². The predicted octanol–water partition coefficient (Wildman–Crippen LogP) is 36.3. The van der Waals surface area contributed by atoms with E-state index < -0.39 is 0 Å². The maximum atomic E-state index is 2.44. The van der Waals surface area contributed by atoms with Gasteiger partial charge in [0, 0.05) is 110 Å². The molecule has 0 amide bonds. The molecule has 0 saturated carbocycles. The zero-order valence-corrected chi connectivity index (χ0v) is 71.0. The van der Waals surface area contributed by atoms with Crippen LogP contribution in [0.3, 0.4) is 0 Å². The maximum absolute atomic E-state index is 2.44. The first-order valence-electron chi connectivity index (χ1n) is 43.0. The monoisotopic (exact) mass is 1660 g/mol. The predicted molar refractivity (Wildman–Crippen MR) is 550 cm³/mol. The van der Waals surface area contributed by atoms with Gasteiger partial charge in [-0.05, 0) is 207 Å². The number of fused-ring (bicyclic) bond motifs is 21. The van der Waals surface area contributed by atoms with E-state index in [0.29, 0.717) is 0 Å². The van der Waals surface area contributed by atoms with E-state index in [1.807, 2.05) is 34.0 Å². The van der Waals surface area contributed by atoms with E-state index in [1.54, 1.807) is 0 Å². The molecule has 26 aromatic rings. The molecular weight excluding hydrogens is 1580 g/mol. The van der Waals surface area contributed by atoms with Crippen molar-refractivity contribution in [2.45, 2.75) is 0 Å². The summed E-state index contributed by atoms with van der Waals surface area (Å²) in [5.74, 6) is 0. The molecule has 0 fully saturated rings. The number of anilines is 9. The molecule has 3 heterocycles. The van der Waals surface area contributed by atoms with E-state index in [9.17, 15) is 0 Å². The third kappa shape index (κ3) is 13.2. The van der Waals surface area contributed by atoms with Crippen LogP contribution in [0.1, 0.15) is 0 Å². The van der Waals surface area contributed by atoms with Gasteiger partial charge in [-0.3, -0.25) is 0 Å². The highest BCUT2D eigenvalue weighted by atomic mass is 32.1. The Morgan fingerprint density at radius 1 is 0.135 bits per heavy atom. The van der Waals surface area contributed by atoms with Gasteiger partial charge in [0.2, 0.25) is 0 Å². The molecule has 0 radical (unpaired) electrons. The summed E-state index contributed by atoms with van der Waals surface area (Å²) < 4.78 is 8.00. The first kappa shape index (κ1) is 74.3. The van der Waals surface area contributed by atoms with Crippen molar-refractivity contribution in [3.63, 3.8) is 0 Å². The largest absolute Gasteiger partial charge is 0.310 e. The van der Waals surface area contributed by atoms with Gasteiger partial charge in [-0.2, -0.15) is 0 Å². The average Bonchev–Trinajstić information content (AvgIpc) is 1.68. The number of benzene rings is 23. The molecule has 126 heavy (non-hydrogen) atoms. The fourth-order valence-corrected chi connectivity index (χ4v) is 22.9. The highest BCUT2D eigenvalue weighted by Gasteiger charge is 2.24. The number of rotatable bonds is 11. The Morgan fingerprint density at radius 3 is 0.833 bits per heavy atom. The molecule has 0 spiro atoms. The van der Waals surface area contributed by atoms with Gasteiger partial charge < -0.3 is 14.7 Å². The van der Waals surface area contributed by atoms with Gasteiger partial charge in [-0.25, -0.2) is 0 Å². The van der Waals surface area contributed by atoms with E-state index in [4.69, 9.17) is 0 Å². The van der Waals surface area contributed by atoms with Crippen LogP contribution in [0.25, 0.3) is 180 Å². The van der Waals surface area contributed by atoms with Gasteiger partial charge in [-0.1, -0.05) is 358 Å². The van der Waals surface area contributed by atoms with Crippen LogP contribution >= 0.6 is 34.0 Å². The molecule has 0 N–H and O–H groups in total. The normalized spacial score (nSPS) is 11.7. The van der Waals surface area contributed by atoms with Crippen LogP contribution in [0.2, 0.25) is 0 Å². The van der Waals surface area contributed by atoms with Crippen molar-refractivity contribution in [1.82, 2.24) is 0 Å². The topological polar surface area (TPSA) is 9.72 Å². The molecule has 0 bridgehead atoms. The third-order valence-corrected chi connectivity index (χ3v) is 28.9. The zero-order chi connectivity index (χ0) is 83.1. The number of hydrogen-bond acceptors (Lipinski definition) is 6. The summed E-state index contributed by atoms with van der Waals surface area (Å²) in [6.07, 6.45) is 0. The van der Waals surface area contributed by atoms with Gasteiger partial charge in [0.1, 0.15) is 0 Å². The molecule has 0 unspecified atom stereocenters. The lowest BCUT2D eigenvalue weighted by molar-refractivity contribution is 1.30. The van der Waals surface area contributed by atoms with E-state index in [0.717, 1.165) is 28.4 Å². The molecule has 3 aromatic heterocycles. The molecule has 0 aliphatic rings. The van der Waals surface area contributed by atoms with Gasteiger partial charge in [-0.15, -0.1) is 34.0 Å². The summed E-state index contributed by atoms with van der Waals surface area (Å²) in [5.41, 5.74) is 15.4. The molecule has 590 valence electrons. The summed E-state index contributed by atoms with van der Waals surface area (Å²) in [4.78, 5) is 7.28. The summed E-state index contributed by atoms with van der Waals surface area (Å²) in [7, 11) is 0. The van der Waals surface area contributed by atoms with Gasteiger partial charge >= 0.3 is 0 Å². The van der Waals surface area contributed by atoms with Crippen LogP contribution in [0.4, 0.5) is 51.2 Å². The first-order valence-corrected chi connectivity index (χ1v) is 45.4. The van der Waals surface area contributed by atoms with E-state index in [1.165, 1.54) is 202 Å². The van der Waals surface area contributed by atoms with Crippen LogP contribution in [0, 0.1) is 0 Å². The first-order chi connectivity index (χ1) is 62.5. The highest BCUT2D eigenvalue weighted by Crippen LogP contribution is 2.51. The summed E-state index contributed by atoms with van der Waals surface area (Å²) in [6, 6.07) is 170. The second-order valence-corrected chi connectivity index (χ2v) is 35.7. The Bertz CT molecular complexity index is 8680. The Hall–Kier alpha value is -15.5. The summed E-state index contributed by atoms with van der Waals surface area (Å²) in [6.45, 7) is 0. The lowest BCUT2D eigenvalue weighted by Gasteiger charge is -2.28. The van der Waals surface area contributed by atoms with Crippen LogP contribution in [-0.4, -0.2) is 0 Å². The average molecular weight is 1660 g/mol. The van der Waals surface area contributed by atoms with E-state index >= 15 is 0 Å². The standard InChI is InChI=1S/2C42H27NS.C36H23NS/c1-4-14-34-28(9-1)12-7-17-35(34)31-19-22-32(23-20-31)43(40-18-8-13-29-10-2-5-15-36(29)40)33-24-26-41-39(27-33)38-25-21-30-11-3-6-16-37(30)42(38)44-41;1-2-9-28(10-3-1)31-17-18-33-26-34(21-19-32(33)25-31)43(40-16-8-13-29-11-4-6-14-36(29)40)35-22-24-41-39(27-35)38-23-20-30-12-5-7-15-37(30)42(38)44-41;1-4-14-28-24(9-1)12-7-17-33(28)37(34-18-8-13-25-10-2-5-15-29(25)34)27-20-22-35-32(23-27)31-21-19-26-11-3-6-16-30(26)36(31)38-35/h2*1-27H;1-23H.